The molecular weight excluding hydrogens is 247 g/mol. The Bertz CT molecular complexity index is 172. The Balaban J connectivity index is 4.21. The van der Waals surface area contributed by atoms with E-state index >= 15 is 0 Å². The van der Waals surface area contributed by atoms with Crippen molar-refractivity contribution in [2.75, 3.05) is 0 Å². The van der Waals surface area contributed by atoms with Crippen LogP contribution in [-0.4, -0.2) is 25.9 Å². The van der Waals surface area contributed by atoms with Crippen LogP contribution < -0.4 is 0 Å². The van der Waals surface area contributed by atoms with Crippen LogP contribution in [0.3, 0.4) is 0 Å². The number of hydrogen-bond acceptors (Lipinski definition) is 1. The van der Waals surface area contributed by atoms with E-state index in [9.17, 15) is 0 Å². The molecule has 0 saturated carbocycles. The van der Waals surface area contributed by atoms with E-state index in [1.54, 1.807) is 0 Å². The minimum atomic E-state index is -0.666. The molecule has 1 nitrogen and oxygen atoms in total. The van der Waals surface area contributed by atoms with Crippen LogP contribution in [0.2, 0.25) is 0 Å². The first kappa shape index (κ1) is 15.8. The van der Waals surface area contributed by atoms with Crippen LogP contribution in [0.4, 0.5) is 0 Å². The third-order valence-electron chi connectivity index (χ3n) is 2.13. The highest BCUT2D eigenvalue weighted by Gasteiger charge is 2.33. The van der Waals surface area contributed by atoms with Crippen molar-refractivity contribution in [3.05, 3.63) is 0 Å². The van der Waals surface area contributed by atoms with E-state index in [0.29, 0.717) is 0 Å². The lowest BCUT2D eigenvalue weighted by Crippen LogP contribution is -2.39. The summed E-state index contributed by atoms with van der Waals surface area (Å²) >= 11 is 12.4. The Morgan fingerprint density at radius 3 is 2.07 bits per heavy atom. The standard InChI is InChI=1S/C11H24Cl2OSi/c1-5-6-7-8-9(11(12,13)15)14-10(2,3)4/h9H,5-8H2,1-4,15H3. The van der Waals surface area contributed by atoms with Crippen LogP contribution in [-0.2, 0) is 4.74 Å². The summed E-state index contributed by atoms with van der Waals surface area (Å²) in [5.41, 5.74) is -0.170. The summed E-state index contributed by atoms with van der Waals surface area (Å²) < 4.78 is 5.25. The van der Waals surface area contributed by atoms with Gasteiger partial charge in [-0.25, -0.2) is 0 Å². The van der Waals surface area contributed by atoms with E-state index in [4.69, 9.17) is 27.9 Å². The van der Waals surface area contributed by atoms with Crippen LogP contribution in [0.15, 0.2) is 0 Å². The summed E-state index contributed by atoms with van der Waals surface area (Å²) in [5, 5.41) is 0. The van der Waals surface area contributed by atoms with Gasteiger partial charge in [0.15, 0.2) is 0 Å². The van der Waals surface area contributed by atoms with Crippen LogP contribution in [0.1, 0.15) is 53.4 Å². The Labute approximate surface area is 107 Å². The maximum absolute atomic E-state index is 6.19. The van der Waals surface area contributed by atoms with Gasteiger partial charge in [-0.1, -0.05) is 26.2 Å². The second-order valence-corrected chi connectivity index (χ2v) is 9.78. The molecule has 1 atom stereocenters. The highest BCUT2D eigenvalue weighted by atomic mass is 35.5. The van der Waals surface area contributed by atoms with Gasteiger partial charge in [0.05, 0.1) is 21.9 Å². The maximum atomic E-state index is 6.19. The molecule has 0 aromatic carbocycles. The number of alkyl halides is 2. The molecule has 4 heteroatoms. The van der Waals surface area contributed by atoms with Gasteiger partial charge in [-0.15, -0.1) is 23.2 Å². The molecule has 0 radical (unpaired) electrons. The van der Waals surface area contributed by atoms with Gasteiger partial charge in [-0.3, -0.25) is 0 Å². The quantitative estimate of drug-likeness (QED) is 0.409. The predicted molar refractivity (Wildman–Crippen MR) is 73.1 cm³/mol. The van der Waals surface area contributed by atoms with Gasteiger partial charge in [0.1, 0.15) is 3.96 Å². The van der Waals surface area contributed by atoms with Crippen molar-refractivity contribution in [3.63, 3.8) is 0 Å². The molecule has 0 heterocycles. The Morgan fingerprint density at radius 2 is 1.73 bits per heavy atom. The van der Waals surface area contributed by atoms with Gasteiger partial charge in [0, 0.05) is 0 Å². The Morgan fingerprint density at radius 1 is 1.20 bits per heavy atom. The summed E-state index contributed by atoms with van der Waals surface area (Å²) in [6.45, 7) is 8.32. The number of ether oxygens (including phenoxy) is 1. The van der Waals surface area contributed by atoms with Gasteiger partial charge in [0.25, 0.3) is 0 Å². The van der Waals surface area contributed by atoms with Gasteiger partial charge in [0.2, 0.25) is 0 Å². The van der Waals surface area contributed by atoms with E-state index in [-0.39, 0.29) is 11.7 Å². The molecule has 0 aliphatic carbocycles. The molecule has 0 aliphatic heterocycles. The van der Waals surface area contributed by atoms with Crippen molar-refractivity contribution in [2.24, 2.45) is 0 Å². The molecule has 0 spiro atoms. The zero-order valence-electron chi connectivity index (χ0n) is 10.6. The van der Waals surface area contributed by atoms with Gasteiger partial charge < -0.3 is 4.74 Å². The first-order valence-corrected chi connectivity index (χ1v) is 7.48. The lowest BCUT2D eigenvalue weighted by molar-refractivity contribution is -0.0618. The van der Waals surface area contributed by atoms with E-state index in [1.165, 1.54) is 12.8 Å². The number of halogens is 2. The molecule has 1 unspecified atom stereocenters. The van der Waals surface area contributed by atoms with Crippen LogP contribution in [0.5, 0.6) is 0 Å². The Kier molecular flexibility index (Phi) is 6.81. The second-order valence-electron chi connectivity index (χ2n) is 5.17. The summed E-state index contributed by atoms with van der Waals surface area (Å²) in [6, 6.07) is 0. The van der Waals surface area contributed by atoms with Crippen LogP contribution >= 0.6 is 23.2 Å². The smallest absolute Gasteiger partial charge is 0.122 e. The number of rotatable bonds is 6. The van der Waals surface area contributed by atoms with Crippen molar-refractivity contribution >= 4 is 33.4 Å². The van der Waals surface area contributed by atoms with Crippen LogP contribution in [0, 0.1) is 0 Å². The lowest BCUT2D eigenvalue weighted by atomic mass is 10.1. The van der Waals surface area contributed by atoms with Crippen molar-refractivity contribution in [1.29, 1.82) is 0 Å². The molecule has 0 saturated heterocycles. The summed E-state index contributed by atoms with van der Waals surface area (Å²) in [5.74, 6) is 0. The molecule has 0 aromatic rings. The van der Waals surface area contributed by atoms with Crippen molar-refractivity contribution in [2.45, 2.75) is 69.0 Å². The first-order chi connectivity index (χ1) is 6.67. The van der Waals surface area contributed by atoms with E-state index in [2.05, 4.69) is 6.92 Å². The summed E-state index contributed by atoms with van der Waals surface area (Å²) in [7, 11) is 0.729. The largest absolute Gasteiger partial charge is 0.370 e. The summed E-state index contributed by atoms with van der Waals surface area (Å²) in [6.07, 6.45) is 4.50. The SMILES string of the molecule is CCCCCC(OC(C)(C)C)C([SiH3])(Cl)Cl. The fourth-order valence-corrected chi connectivity index (χ4v) is 2.14. The van der Waals surface area contributed by atoms with Gasteiger partial charge in [-0.2, -0.15) is 0 Å². The number of hydrogen-bond donors (Lipinski definition) is 0. The van der Waals surface area contributed by atoms with Crippen molar-refractivity contribution < 1.29 is 4.74 Å². The molecule has 0 fully saturated rings. The molecule has 0 bridgehead atoms. The normalized spacial score (nSPS) is 15.6. The Hall–Kier alpha value is 0.757. The predicted octanol–water partition coefficient (Wildman–Crippen LogP) is 3.25. The molecule has 0 N–H and O–H groups in total. The zero-order chi connectivity index (χ0) is 12.1. The zero-order valence-corrected chi connectivity index (χ0v) is 14.1. The number of unbranched alkanes of at least 4 members (excludes halogenated alkanes) is 2. The molecule has 0 aromatic heterocycles. The van der Waals surface area contributed by atoms with Crippen molar-refractivity contribution in [3.8, 4) is 0 Å². The first-order valence-electron chi connectivity index (χ1n) is 5.72. The van der Waals surface area contributed by atoms with Gasteiger partial charge >= 0.3 is 0 Å². The van der Waals surface area contributed by atoms with E-state index in [0.717, 1.165) is 23.1 Å². The average Bonchev–Trinajstić information content (AvgIpc) is 1.99. The van der Waals surface area contributed by atoms with E-state index < -0.39 is 3.96 Å². The highest BCUT2D eigenvalue weighted by Crippen LogP contribution is 2.30. The van der Waals surface area contributed by atoms with Crippen LogP contribution in [0.25, 0.3) is 0 Å². The average molecular weight is 271 g/mol. The molecule has 92 valence electrons. The molecule has 0 rings (SSSR count). The molecule has 0 aliphatic rings. The lowest BCUT2D eigenvalue weighted by Gasteiger charge is -2.33. The molecule has 15 heavy (non-hydrogen) atoms. The monoisotopic (exact) mass is 270 g/mol. The topological polar surface area (TPSA) is 9.23 Å². The summed E-state index contributed by atoms with van der Waals surface area (Å²) in [4.78, 5) is 0. The van der Waals surface area contributed by atoms with Gasteiger partial charge in [-0.05, 0) is 27.2 Å². The molecule has 0 amide bonds. The third-order valence-corrected chi connectivity index (χ3v) is 3.26. The second kappa shape index (κ2) is 6.48. The van der Waals surface area contributed by atoms with Crippen molar-refractivity contribution in [1.82, 2.24) is 0 Å². The third kappa shape index (κ3) is 8.55. The fraction of sp³-hybridized carbons (Fsp3) is 1.00. The molecular formula is C11H24Cl2OSi. The minimum Gasteiger partial charge on any atom is -0.370 e. The fourth-order valence-electron chi connectivity index (χ4n) is 1.42. The van der Waals surface area contributed by atoms with E-state index in [1.807, 2.05) is 20.8 Å². The minimum absolute atomic E-state index is 0.0287. The maximum Gasteiger partial charge on any atom is 0.122 e. The highest BCUT2D eigenvalue weighted by molar-refractivity contribution is 6.65.